The highest BCUT2D eigenvalue weighted by atomic mass is 16.5. The van der Waals surface area contributed by atoms with Gasteiger partial charge in [0.15, 0.2) is 0 Å². The van der Waals surface area contributed by atoms with Crippen molar-refractivity contribution < 1.29 is 14.3 Å². The summed E-state index contributed by atoms with van der Waals surface area (Å²) in [5, 5.41) is 3.20. The summed E-state index contributed by atoms with van der Waals surface area (Å²) in [5.41, 5.74) is 1.84. The lowest BCUT2D eigenvalue weighted by atomic mass is 10.0. The zero-order chi connectivity index (χ0) is 16.8. The van der Waals surface area contributed by atoms with E-state index in [0.29, 0.717) is 6.61 Å². The molecule has 1 aromatic rings. The second-order valence-corrected chi connectivity index (χ2v) is 6.42. The lowest BCUT2D eigenvalue weighted by Gasteiger charge is -2.26. The molecule has 2 aliphatic heterocycles. The van der Waals surface area contributed by atoms with E-state index in [1.165, 1.54) is 12.8 Å². The summed E-state index contributed by atoms with van der Waals surface area (Å²) in [6.07, 6.45) is 5.77. The summed E-state index contributed by atoms with van der Waals surface area (Å²) >= 11 is 0. The summed E-state index contributed by atoms with van der Waals surface area (Å²) in [6.45, 7) is 3.75. The fourth-order valence-electron chi connectivity index (χ4n) is 3.28. The van der Waals surface area contributed by atoms with Crippen molar-refractivity contribution >= 4 is 5.91 Å². The Morgan fingerprint density at radius 1 is 1.25 bits per heavy atom. The maximum Gasteiger partial charge on any atom is 0.250 e. The molecule has 130 valence electrons. The quantitative estimate of drug-likeness (QED) is 0.871. The van der Waals surface area contributed by atoms with Crippen molar-refractivity contribution in [3.8, 4) is 5.75 Å². The van der Waals surface area contributed by atoms with Crippen molar-refractivity contribution in [2.45, 2.75) is 31.7 Å². The molecule has 2 aliphatic rings. The molecule has 5 nitrogen and oxygen atoms in total. The molecule has 1 saturated heterocycles. The van der Waals surface area contributed by atoms with Crippen molar-refractivity contribution in [2.24, 2.45) is 0 Å². The number of nitrogens with one attached hydrogen (secondary N) is 1. The van der Waals surface area contributed by atoms with E-state index >= 15 is 0 Å². The van der Waals surface area contributed by atoms with Crippen LogP contribution in [0.3, 0.4) is 0 Å². The summed E-state index contributed by atoms with van der Waals surface area (Å²) in [5.74, 6) is 0.808. The monoisotopic (exact) mass is 330 g/mol. The number of hydrogen-bond donors (Lipinski definition) is 1. The van der Waals surface area contributed by atoms with Gasteiger partial charge in [0.2, 0.25) is 0 Å². The number of methoxy groups -OCH3 is 1. The van der Waals surface area contributed by atoms with E-state index in [2.05, 4.69) is 10.2 Å². The third-order valence-electron chi connectivity index (χ3n) is 4.69. The minimum absolute atomic E-state index is 0.0188. The van der Waals surface area contributed by atoms with Gasteiger partial charge in [-0.3, -0.25) is 4.79 Å². The molecule has 1 N–H and O–H groups in total. The number of ether oxygens (including phenoxy) is 2. The molecular weight excluding hydrogens is 304 g/mol. The van der Waals surface area contributed by atoms with Gasteiger partial charge < -0.3 is 19.7 Å². The third-order valence-corrected chi connectivity index (χ3v) is 4.69. The molecule has 1 amide bonds. The lowest BCUT2D eigenvalue weighted by molar-refractivity contribution is -0.118. The second kappa shape index (κ2) is 8.20. The van der Waals surface area contributed by atoms with Gasteiger partial charge in [0.1, 0.15) is 5.75 Å². The van der Waals surface area contributed by atoms with Crippen LogP contribution in [-0.2, 0) is 9.53 Å². The Kier molecular flexibility index (Phi) is 5.75. The molecule has 3 rings (SSSR count). The number of hydrogen-bond acceptors (Lipinski definition) is 4. The molecule has 1 aromatic carbocycles. The van der Waals surface area contributed by atoms with Crippen LogP contribution in [-0.4, -0.2) is 44.2 Å². The van der Waals surface area contributed by atoms with Crippen molar-refractivity contribution in [3.05, 3.63) is 41.7 Å². The molecule has 0 radical (unpaired) electrons. The first-order chi connectivity index (χ1) is 11.8. The smallest absolute Gasteiger partial charge is 0.250 e. The lowest BCUT2D eigenvalue weighted by Crippen LogP contribution is -2.38. The topological polar surface area (TPSA) is 50.8 Å². The molecule has 0 aliphatic carbocycles. The van der Waals surface area contributed by atoms with Gasteiger partial charge in [-0.1, -0.05) is 12.1 Å². The van der Waals surface area contributed by atoms with Crippen LogP contribution in [0.2, 0.25) is 0 Å². The van der Waals surface area contributed by atoms with Crippen LogP contribution in [0, 0.1) is 0 Å². The van der Waals surface area contributed by atoms with Crippen LogP contribution in [0.5, 0.6) is 5.75 Å². The maximum atomic E-state index is 12.6. The SMILES string of the molecule is COc1ccc([C@@H](CN2CCCC2)NC(=O)C2=COCCC2)cc1. The summed E-state index contributed by atoms with van der Waals surface area (Å²) < 4.78 is 10.5. The fraction of sp³-hybridized carbons (Fsp3) is 0.526. The van der Waals surface area contributed by atoms with Crippen molar-refractivity contribution in [2.75, 3.05) is 33.4 Å². The second-order valence-electron chi connectivity index (χ2n) is 6.42. The molecule has 1 atom stereocenters. The standard InChI is InChI=1S/C19H26N2O3/c1-23-17-8-6-15(7-9-17)18(13-21-10-2-3-11-21)20-19(22)16-5-4-12-24-14-16/h6-9,14,18H,2-5,10-13H2,1H3,(H,20,22)/t18-/m1/s1. The molecule has 0 saturated carbocycles. The van der Waals surface area contributed by atoms with E-state index in [4.69, 9.17) is 9.47 Å². The van der Waals surface area contributed by atoms with Gasteiger partial charge in [0.25, 0.3) is 5.91 Å². The van der Waals surface area contributed by atoms with Crippen LogP contribution in [0.1, 0.15) is 37.3 Å². The van der Waals surface area contributed by atoms with E-state index in [0.717, 1.165) is 49.4 Å². The average Bonchev–Trinajstić information content (AvgIpc) is 3.15. The highest BCUT2D eigenvalue weighted by Gasteiger charge is 2.23. The normalized spacial score (nSPS) is 19.3. The zero-order valence-corrected chi connectivity index (χ0v) is 14.3. The average molecular weight is 330 g/mol. The van der Waals surface area contributed by atoms with Crippen LogP contribution in [0.4, 0.5) is 0 Å². The minimum Gasteiger partial charge on any atom is -0.501 e. The van der Waals surface area contributed by atoms with Crippen molar-refractivity contribution in [1.82, 2.24) is 10.2 Å². The highest BCUT2D eigenvalue weighted by molar-refractivity contribution is 5.93. The summed E-state index contributed by atoms with van der Waals surface area (Å²) in [6, 6.07) is 7.93. The number of amides is 1. The summed E-state index contributed by atoms with van der Waals surface area (Å²) in [4.78, 5) is 15.0. The predicted octanol–water partition coefficient (Wildman–Crippen LogP) is 2.64. The van der Waals surface area contributed by atoms with Crippen molar-refractivity contribution in [1.29, 1.82) is 0 Å². The molecule has 0 aromatic heterocycles. The Balaban J connectivity index is 1.72. The first-order valence-corrected chi connectivity index (χ1v) is 8.74. The van der Waals surface area contributed by atoms with E-state index < -0.39 is 0 Å². The van der Waals surface area contributed by atoms with Gasteiger partial charge in [-0.05, 0) is 56.5 Å². The van der Waals surface area contributed by atoms with Crippen LogP contribution in [0.15, 0.2) is 36.1 Å². The Bertz CT molecular complexity index is 577. The van der Waals surface area contributed by atoms with E-state index in [-0.39, 0.29) is 11.9 Å². The first-order valence-electron chi connectivity index (χ1n) is 8.74. The molecule has 0 spiro atoms. The molecular formula is C19H26N2O3. The zero-order valence-electron chi connectivity index (χ0n) is 14.3. The van der Waals surface area contributed by atoms with Gasteiger partial charge in [-0.15, -0.1) is 0 Å². The molecule has 24 heavy (non-hydrogen) atoms. The molecule has 1 fully saturated rings. The van der Waals surface area contributed by atoms with Crippen LogP contribution >= 0.6 is 0 Å². The number of benzene rings is 1. The van der Waals surface area contributed by atoms with E-state index in [1.807, 2.05) is 24.3 Å². The third kappa shape index (κ3) is 4.29. The van der Waals surface area contributed by atoms with Crippen LogP contribution < -0.4 is 10.1 Å². The van der Waals surface area contributed by atoms with Gasteiger partial charge in [0, 0.05) is 6.54 Å². The van der Waals surface area contributed by atoms with Gasteiger partial charge in [-0.2, -0.15) is 0 Å². The number of nitrogens with zero attached hydrogens (tertiary/aromatic N) is 1. The molecule has 2 heterocycles. The predicted molar refractivity (Wildman–Crippen MR) is 92.8 cm³/mol. The first kappa shape index (κ1) is 16.8. The maximum absolute atomic E-state index is 12.6. The Hall–Kier alpha value is -2.01. The van der Waals surface area contributed by atoms with E-state index in [9.17, 15) is 4.79 Å². The highest BCUT2D eigenvalue weighted by Crippen LogP contribution is 2.22. The molecule has 0 unspecified atom stereocenters. The van der Waals surface area contributed by atoms with Crippen molar-refractivity contribution in [3.63, 3.8) is 0 Å². The summed E-state index contributed by atoms with van der Waals surface area (Å²) in [7, 11) is 1.66. The number of likely N-dealkylation sites (tertiary alicyclic amines) is 1. The Morgan fingerprint density at radius 2 is 2.00 bits per heavy atom. The number of rotatable bonds is 6. The minimum atomic E-state index is -0.0238. The fourth-order valence-corrected chi connectivity index (χ4v) is 3.28. The largest absolute Gasteiger partial charge is 0.501 e. The molecule has 5 heteroatoms. The number of carbonyl (C=O) groups is 1. The molecule has 0 bridgehead atoms. The number of carbonyl (C=O) groups excluding carboxylic acids is 1. The van der Waals surface area contributed by atoms with Gasteiger partial charge >= 0.3 is 0 Å². The van der Waals surface area contributed by atoms with Crippen LogP contribution in [0.25, 0.3) is 0 Å². The Labute approximate surface area is 143 Å². The Morgan fingerprint density at radius 3 is 2.62 bits per heavy atom. The van der Waals surface area contributed by atoms with Gasteiger partial charge in [-0.25, -0.2) is 0 Å². The van der Waals surface area contributed by atoms with E-state index in [1.54, 1.807) is 13.4 Å². The van der Waals surface area contributed by atoms with Gasteiger partial charge in [0.05, 0.1) is 31.6 Å².